The molecular weight excluding hydrogens is 809 g/mol. The highest BCUT2D eigenvalue weighted by molar-refractivity contribution is 6.24. The van der Waals surface area contributed by atoms with Crippen molar-refractivity contribution in [3.05, 3.63) is 266 Å². The summed E-state index contributed by atoms with van der Waals surface area (Å²) in [6.07, 6.45) is 0. The van der Waals surface area contributed by atoms with Gasteiger partial charge in [-0.2, -0.15) is 0 Å². The maximum absolute atomic E-state index is 2.46. The van der Waals surface area contributed by atoms with Gasteiger partial charge in [-0.05, 0) is 150 Å². The predicted molar refractivity (Wildman–Crippen MR) is 285 cm³/mol. The van der Waals surface area contributed by atoms with Crippen LogP contribution in [0.1, 0.15) is 25.0 Å². The fourth-order valence-corrected chi connectivity index (χ4v) is 10.6. The Morgan fingerprint density at radius 1 is 0.269 bits per heavy atom. The van der Waals surface area contributed by atoms with Gasteiger partial charge in [0.1, 0.15) is 0 Å². The lowest BCUT2D eigenvalue weighted by Gasteiger charge is -2.38. The molecule has 0 N–H and O–H groups in total. The Labute approximate surface area is 393 Å². The molecule has 12 rings (SSSR count). The highest BCUT2D eigenvalue weighted by Gasteiger charge is 2.36. The smallest absolute Gasteiger partial charge is 0.0468 e. The first-order valence-corrected chi connectivity index (χ1v) is 23.3. The second-order valence-corrected chi connectivity index (χ2v) is 18.1. The summed E-state index contributed by atoms with van der Waals surface area (Å²) in [6, 6.07) is 93.0. The van der Waals surface area contributed by atoms with Gasteiger partial charge in [-0.15, -0.1) is 0 Å². The minimum Gasteiger partial charge on any atom is -0.310 e. The number of fused-ring (bicyclic) bond motifs is 4. The fraction of sp³-hybridized carbons (Fsp3) is 0.0462. The van der Waals surface area contributed by atoms with E-state index in [4.69, 9.17) is 0 Å². The van der Waals surface area contributed by atoms with Crippen LogP contribution in [-0.4, -0.2) is 0 Å². The van der Waals surface area contributed by atoms with Crippen LogP contribution in [0.3, 0.4) is 0 Å². The first kappa shape index (κ1) is 40.1. The minimum absolute atomic E-state index is 0.312. The molecule has 0 radical (unpaired) electrons. The summed E-state index contributed by atoms with van der Waals surface area (Å²) in [7, 11) is 0. The van der Waals surface area contributed by atoms with E-state index in [1.54, 1.807) is 0 Å². The van der Waals surface area contributed by atoms with E-state index in [0.717, 1.165) is 34.1 Å². The Hall–Kier alpha value is -8.46. The van der Waals surface area contributed by atoms with Crippen molar-refractivity contribution < 1.29 is 0 Å². The Balaban J connectivity index is 1.06. The van der Waals surface area contributed by atoms with Gasteiger partial charge in [-0.25, -0.2) is 0 Å². The van der Waals surface area contributed by atoms with E-state index in [9.17, 15) is 0 Å². The molecule has 2 nitrogen and oxygen atoms in total. The first-order chi connectivity index (χ1) is 33.0. The quantitative estimate of drug-likeness (QED) is 0.133. The molecule has 0 fully saturated rings. The number of anilines is 6. The average Bonchev–Trinajstić information content (AvgIpc) is 3.40. The molecule has 318 valence electrons. The van der Waals surface area contributed by atoms with Crippen LogP contribution in [0.4, 0.5) is 34.1 Å². The molecule has 0 amide bonds. The Kier molecular flexibility index (Phi) is 9.88. The zero-order valence-electron chi connectivity index (χ0n) is 37.6. The van der Waals surface area contributed by atoms with Crippen molar-refractivity contribution in [2.75, 3.05) is 9.80 Å². The van der Waals surface area contributed by atoms with Crippen molar-refractivity contribution in [3.8, 4) is 44.5 Å². The van der Waals surface area contributed by atoms with Crippen molar-refractivity contribution in [2.45, 2.75) is 19.3 Å². The first-order valence-electron chi connectivity index (χ1n) is 23.3. The number of benzene rings is 11. The molecule has 0 heterocycles. The van der Waals surface area contributed by atoms with E-state index in [1.807, 2.05) is 0 Å². The normalized spacial score (nSPS) is 12.4. The highest BCUT2D eigenvalue weighted by atomic mass is 15.1. The Morgan fingerprint density at radius 3 is 1.21 bits per heavy atom. The SMILES string of the molecule is CC1(C)c2cc(N(c3ccccc3)c3ccc(-c4ccccc4)cc3)ccc2-c2c(-c3ccccc3)c3ccc(N(c4ccccc4)c4ccc(-c5ccccc5)cc4)cc3c3cccc1c23. The lowest BCUT2D eigenvalue weighted by molar-refractivity contribution is 0.645. The number of rotatable bonds is 9. The van der Waals surface area contributed by atoms with E-state index >= 15 is 0 Å². The zero-order valence-corrected chi connectivity index (χ0v) is 37.6. The molecule has 11 aromatic carbocycles. The fourth-order valence-electron chi connectivity index (χ4n) is 10.6. The third-order valence-corrected chi connectivity index (χ3v) is 13.8. The Bertz CT molecular complexity index is 3550. The van der Waals surface area contributed by atoms with Crippen LogP contribution in [0.15, 0.2) is 255 Å². The molecule has 0 atom stereocenters. The van der Waals surface area contributed by atoms with Gasteiger partial charge >= 0.3 is 0 Å². The van der Waals surface area contributed by atoms with Gasteiger partial charge in [0.2, 0.25) is 0 Å². The van der Waals surface area contributed by atoms with Crippen LogP contribution < -0.4 is 9.80 Å². The maximum atomic E-state index is 2.46. The standard InChI is InChI=1S/C65H48N2/c1-65(2)60-30-18-29-56-59-43-54(66(50-25-14-6-15-26-50)52-35-31-47(32-36-52)45-19-8-3-9-20-45)39-41-57(59)62(49-23-12-5-13-24-49)64(63(56)60)58-42-40-55(44-61(58)65)67(51-27-16-7-17-28-51)53-37-33-48(34-38-53)46-21-10-4-11-22-46/h3-44H,1-2H3. The summed E-state index contributed by atoms with van der Waals surface area (Å²) in [5.41, 5.74) is 18.9. The van der Waals surface area contributed by atoms with Crippen LogP contribution in [0.5, 0.6) is 0 Å². The highest BCUT2D eigenvalue weighted by Crippen LogP contribution is 2.56. The lowest BCUT2D eigenvalue weighted by atomic mass is 9.66. The summed E-state index contributed by atoms with van der Waals surface area (Å²) in [5, 5.41) is 5.07. The summed E-state index contributed by atoms with van der Waals surface area (Å²) >= 11 is 0. The van der Waals surface area contributed by atoms with Gasteiger partial charge in [0.25, 0.3) is 0 Å². The number of nitrogens with zero attached hydrogens (tertiary/aromatic N) is 2. The second-order valence-electron chi connectivity index (χ2n) is 18.1. The molecule has 0 saturated carbocycles. The van der Waals surface area contributed by atoms with Crippen LogP contribution in [-0.2, 0) is 5.41 Å². The van der Waals surface area contributed by atoms with Gasteiger partial charge in [-0.3, -0.25) is 0 Å². The zero-order chi connectivity index (χ0) is 44.9. The number of para-hydroxylation sites is 2. The van der Waals surface area contributed by atoms with Gasteiger partial charge < -0.3 is 9.80 Å². The topological polar surface area (TPSA) is 6.48 Å². The van der Waals surface area contributed by atoms with E-state index in [0.29, 0.717) is 0 Å². The Morgan fingerprint density at radius 2 is 0.687 bits per heavy atom. The van der Waals surface area contributed by atoms with Crippen molar-refractivity contribution >= 4 is 55.7 Å². The third kappa shape index (κ3) is 6.97. The molecule has 0 spiro atoms. The number of hydrogen-bond acceptors (Lipinski definition) is 2. The monoisotopic (exact) mass is 856 g/mol. The summed E-state index contributed by atoms with van der Waals surface area (Å²) in [6.45, 7) is 4.82. The maximum Gasteiger partial charge on any atom is 0.0468 e. The molecule has 2 heteroatoms. The van der Waals surface area contributed by atoms with E-state index in [2.05, 4.69) is 278 Å². The van der Waals surface area contributed by atoms with Crippen LogP contribution in [0.25, 0.3) is 66.1 Å². The molecule has 11 aromatic rings. The molecular formula is C65H48N2. The molecule has 0 unspecified atom stereocenters. The largest absolute Gasteiger partial charge is 0.310 e. The molecule has 1 aliphatic rings. The van der Waals surface area contributed by atoms with Gasteiger partial charge in [0, 0.05) is 39.5 Å². The average molecular weight is 857 g/mol. The molecule has 0 aliphatic heterocycles. The van der Waals surface area contributed by atoms with Gasteiger partial charge in [0.15, 0.2) is 0 Å². The van der Waals surface area contributed by atoms with Crippen LogP contribution in [0, 0.1) is 0 Å². The number of hydrogen-bond donors (Lipinski definition) is 0. The second kappa shape index (κ2) is 16.5. The lowest BCUT2D eigenvalue weighted by Crippen LogP contribution is -2.24. The van der Waals surface area contributed by atoms with Crippen molar-refractivity contribution in [1.29, 1.82) is 0 Å². The van der Waals surface area contributed by atoms with E-state index in [-0.39, 0.29) is 5.41 Å². The molecule has 0 saturated heterocycles. The van der Waals surface area contributed by atoms with Crippen molar-refractivity contribution in [1.82, 2.24) is 0 Å². The molecule has 1 aliphatic carbocycles. The molecule has 67 heavy (non-hydrogen) atoms. The van der Waals surface area contributed by atoms with E-state index < -0.39 is 0 Å². The summed E-state index contributed by atoms with van der Waals surface area (Å²) < 4.78 is 0. The third-order valence-electron chi connectivity index (χ3n) is 13.8. The van der Waals surface area contributed by atoms with Gasteiger partial charge in [-0.1, -0.05) is 196 Å². The minimum atomic E-state index is -0.312. The van der Waals surface area contributed by atoms with Crippen LogP contribution >= 0.6 is 0 Å². The molecule has 0 bridgehead atoms. The predicted octanol–water partition coefficient (Wildman–Crippen LogP) is 18.2. The van der Waals surface area contributed by atoms with E-state index in [1.165, 1.54) is 77.2 Å². The van der Waals surface area contributed by atoms with Gasteiger partial charge in [0.05, 0.1) is 0 Å². The van der Waals surface area contributed by atoms with Crippen LogP contribution in [0.2, 0.25) is 0 Å². The van der Waals surface area contributed by atoms with Crippen molar-refractivity contribution in [3.63, 3.8) is 0 Å². The summed E-state index contributed by atoms with van der Waals surface area (Å²) in [5.74, 6) is 0. The molecule has 0 aromatic heterocycles. The summed E-state index contributed by atoms with van der Waals surface area (Å²) in [4.78, 5) is 4.79. The van der Waals surface area contributed by atoms with Crippen molar-refractivity contribution in [2.24, 2.45) is 0 Å².